The fraction of sp³-hybridized carbons (Fsp3) is 0.923. The van der Waals surface area contributed by atoms with Gasteiger partial charge in [0.2, 0.25) is 0 Å². The Labute approximate surface area is 118 Å². The van der Waals surface area contributed by atoms with Crippen LogP contribution in [-0.2, 0) is 18.2 Å². The van der Waals surface area contributed by atoms with Gasteiger partial charge in [-0.05, 0) is 18.1 Å². The van der Waals surface area contributed by atoms with Crippen LogP contribution in [0, 0.1) is 0 Å². The maximum Gasteiger partial charge on any atom is 0.177 e. The Hall–Kier alpha value is -1.05. The van der Waals surface area contributed by atoms with E-state index in [0.717, 1.165) is 39.1 Å². The van der Waals surface area contributed by atoms with Crippen LogP contribution in [0.25, 0.3) is 0 Å². The first-order valence-corrected chi connectivity index (χ1v) is 7.44. The van der Waals surface area contributed by atoms with Crippen LogP contribution in [0.2, 0.25) is 0 Å². The van der Waals surface area contributed by atoms with Crippen molar-refractivity contribution >= 4 is 0 Å². The van der Waals surface area contributed by atoms with Gasteiger partial charge in [-0.3, -0.25) is 4.90 Å². The van der Waals surface area contributed by atoms with Crippen molar-refractivity contribution < 1.29 is 9.84 Å². The molecule has 7 heteroatoms. The summed E-state index contributed by atoms with van der Waals surface area (Å²) in [6.45, 7) is 3.34. The first-order valence-electron chi connectivity index (χ1n) is 7.44. The molecule has 2 heterocycles. The molecule has 112 valence electrons. The van der Waals surface area contributed by atoms with Crippen LogP contribution >= 0.6 is 0 Å². The maximum atomic E-state index is 10.8. The quantitative estimate of drug-likeness (QED) is 0.821. The largest absolute Gasteiger partial charge is 0.391 e. The number of aliphatic hydroxyl groups is 1. The van der Waals surface area contributed by atoms with Crippen LogP contribution < -0.4 is 0 Å². The highest BCUT2D eigenvalue weighted by molar-refractivity contribution is 5.03. The van der Waals surface area contributed by atoms with Crippen molar-refractivity contribution in [1.29, 1.82) is 0 Å². The molecule has 7 nitrogen and oxygen atoms in total. The first-order chi connectivity index (χ1) is 9.71. The van der Waals surface area contributed by atoms with E-state index in [2.05, 4.69) is 20.3 Å². The molecule has 2 aliphatic rings. The van der Waals surface area contributed by atoms with Crippen LogP contribution in [0.1, 0.15) is 31.5 Å². The number of tetrazole rings is 1. The van der Waals surface area contributed by atoms with Gasteiger partial charge in [0.05, 0.1) is 26.4 Å². The minimum atomic E-state index is -0.438. The molecule has 0 bridgehead atoms. The molecule has 0 spiro atoms. The molecule has 1 aromatic rings. The molecule has 1 aromatic heterocycles. The minimum absolute atomic E-state index is 0.122. The van der Waals surface area contributed by atoms with Crippen LogP contribution in [0.5, 0.6) is 0 Å². The summed E-state index contributed by atoms with van der Waals surface area (Å²) in [6, 6.07) is 0. The van der Waals surface area contributed by atoms with Gasteiger partial charge in [-0.15, -0.1) is 10.2 Å². The van der Waals surface area contributed by atoms with Gasteiger partial charge in [0, 0.05) is 25.0 Å². The zero-order valence-corrected chi connectivity index (χ0v) is 12.0. The predicted molar refractivity (Wildman–Crippen MR) is 72.1 cm³/mol. The van der Waals surface area contributed by atoms with Gasteiger partial charge in [0.25, 0.3) is 0 Å². The average molecular weight is 281 g/mol. The number of hydrogen-bond acceptors (Lipinski definition) is 6. The van der Waals surface area contributed by atoms with Crippen molar-refractivity contribution in [2.45, 2.75) is 43.7 Å². The third-order valence-electron chi connectivity index (χ3n) is 4.66. The summed E-state index contributed by atoms with van der Waals surface area (Å²) in [5.74, 6) is 0.625. The van der Waals surface area contributed by atoms with Crippen molar-refractivity contribution in [3.05, 3.63) is 5.82 Å². The van der Waals surface area contributed by atoms with Gasteiger partial charge in [-0.2, -0.15) is 4.80 Å². The fourth-order valence-corrected chi connectivity index (χ4v) is 3.62. The second-order valence-electron chi connectivity index (χ2n) is 5.83. The number of hydrogen-bond donors (Lipinski definition) is 1. The summed E-state index contributed by atoms with van der Waals surface area (Å²) in [7, 11) is 1.75. The molecule has 0 radical (unpaired) electrons. The molecule has 1 unspecified atom stereocenters. The van der Waals surface area contributed by atoms with E-state index in [1.807, 2.05) is 0 Å². The maximum absolute atomic E-state index is 10.8. The van der Waals surface area contributed by atoms with E-state index in [1.54, 1.807) is 7.05 Å². The Bertz CT molecular complexity index is 438. The number of aromatic nitrogens is 4. The predicted octanol–water partition coefficient (Wildman–Crippen LogP) is -0.242. The topological polar surface area (TPSA) is 76.3 Å². The standard InChI is InChI=1S/C13H23N5O2/c1-17-15-12(14-16-17)10-11(19)13(4-2-3-5-13)18-6-8-20-9-7-18/h11,19H,2-10H2,1H3. The lowest BCUT2D eigenvalue weighted by Gasteiger charge is -2.46. The molecular weight excluding hydrogens is 258 g/mol. The van der Waals surface area contributed by atoms with Crippen LogP contribution in [0.3, 0.4) is 0 Å². The lowest BCUT2D eigenvalue weighted by atomic mass is 9.85. The highest BCUT2D eigenvalue weighted by Crippen LogP contribution is 2.39. The Balaban J connectivity index is 1.75. The highest BCUT2D eigenvalue weighted by Gasteiger charge is 2.46. The van der Waals surface area contributed by atoms with Gasteiger partial charge in [0.15, 0.2) is 5.82 Å². The number of ether oxygens (including phenoxy) is 1. The number of aliphatic hydroxyl groups excluding tert-OH is 1. The SMILES string of the molecule is Cn1nnc(CC(O)C2(N3CCOCC3)CCCC2)n1. The monoisotopic (exact) mass is 281 g/mol. The number of nitrogens with zero attached hydrogens (tertiary/aromatic N) is 5. The van der Waals surface area contributed by atoms with E-state index >= 15 is 0 Å². The zero-order chi connectivity index (χ0) is 14.0. The molecule has 1 saturated heterocycles. The molecule has 0 amide bonds. The fourth-order valence-electron chi connectivity index (χ4n) is 3.62. The molecule has 1 N–H and O–H groups in total. The Morgan fingerprint density at radius 2 is 2.00 bits per heavy atom. The normalized spacial score (nSPS) is 24.9. The number of morpholine rings is 1. The Morgan fingerprint density at radius 3 is 2.60 bits per heavy atom. The van der Waals surface area contributed by atoms with Gasteiger partial charge in [-0.25, -0.2) is 0 Å². The van der Waals surface area contributed by atoms with Crippen LogP contribution in [0.15, 0.2) is 0 Å². The summed E-state index contributed by atoms with van der Waals surface area (Å²) < 4.78 is 5.44. The lowest BCUT2D eigenvalue weighted by Crippen LogP contribution is -2.59. The van der Waals surface area contributed by atoms with E-state index < -0.39 is 6.10 Å². The Morgan fingerprint density at radius 1 is 1.30 bits per heavy atom. The smallest absolute Gasteiger partial charge is 0.177 e. The summed E-state index contributed by atoms with van der Waals surface area (Å²) >= 11 is 0. The van der Waals surface area contributed by atoms with Gasteiger partial charge < -0.3 is 9.84 Å². The van der Waals surface area contributed by atoms with E-state index in [-0.39, 0.29) is 5.54 Å². The number of aryl methyl sites for hydroxylation is 1. The molecule has 0 aromatic carbocycles. The van der Waals surface area contributed by atoms with E-state index in [0.29, 0.717) is 12.2 Å². The van der Waals surface area contributed by atoms with Crippen LogP contribution in [-0.4, -0.2) is 68.2 Å². The first kappa shape index (κ1) is 13.9. The third-order valence-corrected chi connectivity index (χ3v) is 4.66. The lowest BCUT2D eigenvalue weighted by molar-refractivity contribution is -0.0758. The molecule has 1 aliphatic heterocycles. The zero-order valence-electron chi connectivity index (χ0n) is 12.0. The molecule has 1 aliphatic carbocycles. The molecule has 2 fully saturated rings. The molecule has 1 atom stereocenters. The van der Waals surface area contributed by atoms with Gasteiger partial charge >= 0.3 is 0 Å². The van der Waals surface area contributed by atoms with E-state index in [1.165, 1.54) is 17.6 Å². The second-order valence-corrected chi connectivity index (χ2v) is 5.83. The second kappa shape index (κ2) is 5.75. The van der Waals surface area contributed by atoms with Gasteiger partial charge in [0.1, 0.15) is 0 Å². The third kappa shape index (κ3) is 2.57. The molecule has 3 rings (SSSR count). The highest BCUT2D eigenvalue weighted by atomic mass is 16.5. The molecular formula is C13H23N5O2. The Kier molecular flexibility index (Phi) is 4.00. The summed E-state index contributed by atoms with van der Waals surface area (Å²) in [5, 5.41) is 22.8. The van der Waals surface area contributed by atoms with Crippen molar-refractivity contribution in [1.82, 2.24) is 25.1 Å². The summed E-state index contributed by atoms with van der Waals surface area (Å²) in [5.41, 5.74) is -0.122. The van der Waals surface area contributed by atoms with Crippen molar-refractivity contribution in [3.63, 3.8) is 0 Å². The summed E-state index contributed by atoms with van der Waals surface area (Å²) in [4.78, 5) is 3.86. The summed E-state index contributed by atoms with van der Waals surface area (Å²) in [6.07, 6.45) is 4.51. The van der Waals surface area contributed by atoms with Crippen molar-refractivity contribution in [2.24, 2.45) is 7.05 Å². The van der Waals surface area contributed by atoms with E-state index in [4.69, 9.17) is 4.74 Å². The minimum Gasteiger partial charge on any atom is -0.391 e. The van der Waals surface area contributed by atoms with Crippen molar-refractivity contribution in [3.8, 4) is 0 Å². The van der Waals surface area contributed by atoms with E-state index in [9.17, 15) is 5.11 Å². The van der Waals surface area contributed by atoms with Crippen molar-refractivity contribution in [2.75, 3.05) is 26.3 Å². The van der Waals surface area contributed by atoms with Crippen LogP contribution in [0.4, 0.5) is 0 Å². The molecule has 1 saturated carbocycles. The average Bonchev–Trinajstić information content (AvgIpc) is 3.10. The number of rotatable bonds is 4. The van der Waals surface area contributed by atoms with Gasteiger partial charge in [-0.1, -0.05) is 12.8 Å². The molecule has 20 heavy (non-hydrogen) atoms.